The van der Waals surface area contributed by atoms with Crippen LogP contribution in [0.5, 0.6) is 0 Å². The lowest BCUT2D eigenvalue weighted by atomic mass is 10.1. The van der Waals surface area contributed by atoms with Crippen LogP contribution in [0.3, 0.4) is 0 Å². The zero-order valence-electron chi connectivity index (χ0n) is 13.9. The van der Waals surface area contributed by atoms with Crippen LogP contribution in [0.25, 0.3) is 0 Å². The number of aryl methyl sites for hydroxylation is 1. The highest BCUT2D eigenvalue weighted by atomic mass is 79.9. The lowest BCUT2D eigenvalue weighted by molar-refractivity contribution is 0.0632. The summed E-state index contributed by atoms with van der Waals surface area (Å²) < 4.78 is 2.81. The van der Waals surface area contributed by atoms with Crippen LogP contribution in [-0.2, 0) is 13.6 Å². The summed E-state index contributed by atoms with van der Waals surface area (Å²) in [5.74, 6) is 0.0701. The van der Waals surface area contributed by atoms with Crippen molar-refractivity contribution in [2.24, 2.45) is 7.05 Å². The summed E-state index contributed by atoms with van der Waals surface area (Å²) in [7, 11) is 1.91. The number of hydrogen-bond acceptors (Lipinski definition) is 3. The lowest BCUT2D eigenvalue weighted by Gasteiger charge is -2.31. The molecule has 0 bridgehead atoms. The Kier molecular flexibility index (Phi) is 5.68. The third-order valence-corrected chi connectivity index (χ3v) is 4.93. The fourth-order valence-corrected chi connectivity index (χ4v) is 3.75. The first kappa shape index (κ1) is 17.2. The Morgan fingerprint density at radius 2 is 2.29 bits per heavy atom. The van der Waals surface area contributed by atoms with Crippen molar-refractivity contribution in [2.45, 2.75) is 31.8 Å². The van der Waals surface area contributed by atoms with Crippen molar-refractivity contribution in [3.05, 3.63) is 52.5 Å². The Labute approximate surface area is 151 Å². The molecule has 1 unspecified atom stereocenters. The van der Waals surface area contributed by atoms with Gasteiger partial charge in [0.05, 0.1) is 12.2 Å². The van der Waals surface area contributed by atoms with Crippen LogP contribution in [0, 0.1) is 0 Å². The molecule has 3 rings (SSSR count). The summed E-state index contributed by atoms with van der Waals surface area (Å²) in [6, 6.07) is 7.99. The van der Waals surface area contributed by atoms with Crippen LogP contribution in [0.2, 0.25) is 0 Å². The van der Waals surface area contributed by atoms with Gasteiger partial charge in [0.1, 0.15) is 5.69 Å². The van der Waals surface area contributed by atoms with E-state index in [1.807, 2.05) is 47.0 Å². The van der Waals surface area contributed by atoms with Gasteiger partial charge >= 0.3 is 0 Å². The average molecular weight is 391 g/mol. The Morgan fingerprint density at radius 1 is 1.42 bits per heavy atom. The molecule has 2 aromatic heterocycles. The van der Waals surface area contributed by atoms with E-state index in [2.05, 4.69) is 26.2 Å². The minimum atomic E-state index is 0.0701. The molecule has 0 aromatic carbocycles. The predicted octanol–water partition coefficient (Wildman–Crippen LogP) is 2.97. The van der Waals surface area contributed by atoms with Gasteiger partial charge in [0.15, 0.2) is 0 Å². The van der Waals surface area contributed by atoms with Crippen LogP contribution in [0.1, 0.15) is 35.4 Å². The molecule has 0 radical (unpaired) electrons. The lowest BCUT2D eigenvalue weighted by Crippen LogP contribution is -2.41. The van der Waals surface area contributed by atoms with E-state index in [4.69, 9.17) is 0 Å². The minimum Gasteiger partial charge on any atom is -0.345 e. The minimum absolute atomic E-state index is 0.0701. The van der Waals surface area contributed by atoms with Crippen molar-refractivity contribution in [3.63, 3.8) is 0 Å². The van der Waals surface area contributed by atoms with Gasteiger partial charge in [-0.15, -0.1) is 0 Å². The Morgan fingerprint density at radius 3 is 3.00 bits per heavy atom. The molecular weight excluding hydrogens is 368 g/mol. The molecule has 0 spiro atoms. The highest BCUT2D eigenvalue weighted by molar-refractivity contribution is 9.10. The SMILES string of the molecule is Cn1cc(Br)cc1C(=O)N(Cc1ccccn1)C1CCCNCC1. The number of nitrogens with one attached hydrogen (secondary N) is 1. The zero-order valence-corrected chi connectivity index (χ0v) is 15.5. The third-order valence-electron chi connectivity index (χ3n) is 4.50. The molecule has 1 aliphatic heterocycles. The van der Waals surface area contributed by atoms with Crippen molar-refractivity contribution in [2.75, 3.05) is 13.1 Å². The molecule has 0 saturated carbocycles. The largest absolute Gasteiger partial charge is 0.345 e. The molecule has 2 aromatic rings. The first-order valence-corrected chi connectivity index (χ1v) is 9.18. The molecule has 128 valence electrons. The quantitative estimate of drug-likeness (QED) is 0.872. The molecule has 6 heteroatoms. The smallest absolute Gasteiger partial charge is 0.271 e. The highest BCUT2D eigenvalue weighted by Gasteiger charge is 2.27. The number of halogens is 1. The monoisotopic (exact) mass is 390 g/mol. The summed E-state index contributed by atoms with van der Waals surface area (Å²) >= 11 is 3.46. The molecule has 1 saturated heterocycles. The van der Waals surface area contributed by atoms with Crippen molar-refractivity contribution in [1.82, 2.24) is 19.8 Å². The van der Waals surface area contributed by atoms with Gasteiger partial charge in [-0.3, -0.25) is 9.78 Å². The van der Waals surface area contributed by atoms with Crippen LogP contribution in [-0.4, -0.2) is 39.5 Å². The van der Waals surface area contributed by atoms with Crippen molar-refractivity contribution in [1.29, 1.82) is 0 Å². The predicted molar refractivity (Wildman–Crippen MR) is 97.7 cm³/mol. The van der Waals surface area contributed by atoms with Gasteiger partial charge < -0.3 is 14.8 Å². The van der Waals surface area contributed by atoms with E-state index in [1.54, 1.807) is 6.20 Å². The second-order valence-electron chi connectivity index (χ2n) is 6.24. The van der Waals surface area contributed by atoms with Crippen LogP contribution in [0.4, 0.5) is 0 Å². The van der Waals surface area contributed by atoms with Gasteiger partial charge in [0.2, 0.25) is 0 Å². The maximum Gasteiger partial charge on any atom is 0.271 e. The molecular formula is C18H23BrN4O. The fourth-order valence-electron chi connectivity index (χ4n) is 3.23. The molecule has 1 aliphatic rings. The number of nitrogens with zero attached hydrogens (tertiary/aromatic N) is 3. The molecule has 1 atom stereocenters. The second kappa shape index (κ2) is 7.94. The third kappa shape index (κ3) is 4.05. The number of carbonyl (C=O) groups excluding carboxylic acids is 1. The molecule has 0 aliphatic carbocycles. The Bertz CT molecular complexity index is 678. The number of aromatic nitrogens is 2. The maximum absolute atomic E-state index is 13.2. The van der Waals surface area contributed by atoms with Crippen LogP contribution in [0.15, 0.2) is 41.1 Å². The van der Waals surface area contributed by atoms with Crippen LogP contribution >= 0.6 is 15.9 Å². The first-order valence-electron chi connectivity index (χ1n) is 8.38. The van der Waals surface area contributed by atoms with E-state index in [0.717, 1.165) is 42.5 Å². The number of amides is 1. The molecule has 1 N–H and O–H groups in total. The van der Waals surface area contributed by atoms with Gasteiger partial charge in [-0.2, -0.15) is 0 Å². The normalized spacial score (nSPS) is 18.2. The topological polar surface area (TPSA) is 50.2 Å². The molecule has 5 nitrogen and oxygen atoms in total. The number of pyridine rings is 1. The molecule has 1 amide bonds. The van der Waals surface area contributed by atoms with Gasteiger partial charge in [-0.25, -0.2) is 0 Å². The van der Waals surface area contributed by atoms with Crippen molar-refractivity contribution >= 4 is 21.8 Å². The summed E-state index contributed by atoms with van der Waals surface area (Å²) in [5, 5.41) is 3.42. The van der Waals surface area contributed by atoms with E-state index in [1.165, 1.54) is 0 Å². The van der Waals surface area contributed by atoms with Crippen molar-refractivity contribution < 1.29 is 4.79 Å². The maximum atomic E-state index is 13.2. The average Bonchev–Trinajstić information content (AvgIpc) is 2.79. The second-order valence-corrected chi connectivity index (χ2v) is 7.16. The van der Waals surface area contributed by atoms with Gasteiger partial charge in [0, 0.05) is 30.0 Å². The molecule has 3 heterocycles. The van der Waals surface area contributed by atoms with Crippen LogP contribution < -0.4 is 5.32 Å². The molecule has 1 fully saturated rings. The summed E-state index contributed by atoms with van der Waals surface area (Å²) in [4.78, 5) is 19.6. The van der Waals surface area contributed by atoms with E-state index in [9.17, 15) is 4.79 Å². The highest BCUT2D eigenvalue weighted by Crippen LogP contribution is 2.21. The number of hydrogen-bond donors (Lipinski definition) is 1. The van der Waals surface area contributed by atoms with E-state index < -0.39 is 0 Å². The van der Waals surface area contributed by atoms with Gasteiger partial charge in [-0.05, 0) is 66.5 Å². The Balaban J connectivity index is 1.88. The van der Waals surface area contributed by atoms with E-state index in [-0.39, 0.29) is 11.9 Å². The van der Waals surface area contributed by atoms with E-state index in [0.29, 0.717) is 12.2 Å². The Hall–Kier alpha value is -1.66. The van der Waals surface area contributed by atoms with Gasteiger partial charge in [0.25, 0.3) is 5.91 Å². The summed E-state index contributed by atoms with van der Waals surface area (Å²) in [5.41, 5.74) is 1.63. The standard InChI is InChI=1S/C18H23BrN4O/c1-22-12-14(19)11-17(22)18(24)23(13-15-5-2-3-9-21-15)16-6-4-8-20-10-7-16/h2-3,5,9,11-12,16,20H,4,6-8,10,13H2,1H3. The van der Waals surface area contributed by atoms with Crippen molar-refractivity contribution in [3.8, 4) is 0 Å². The fraction of sp³-hybridized carbons (Fsp3) is 0.444. The molecule has 24 heavy (non-hydrogen) atoms. The number of rotatable bonds is 4. The summed E-state index contributed by atoms with van der Waals surface area (Å²) in [6.07, 6.45) is 6.79. The van der Waals surface area contributed by atoms with E-state index >= 15 is 0 Å². The first-order chi connectivity index (χ1) is 11.6. The number of carbonyl (C=O) groups is 1. The van der Waals surface area contributed by atoms with Gasteiger partial charge in [-0.1, -0.05) is 6.07 Å². The summed E-state index contributed by atoms with van der Waals surface area (Å²) in [6.45, 7) is 2.53. The zero-order chi connectivity index (χ0) is 16.9.